The molecule has 16 heavy (non-hydrogen) atoms. The van der Waals surface area contributed by atoms with Gasteiger partial charge in [-0.1, -0.05) is 0 Å². The van der Waals surface area contributed by atoms with Crippen LogP contribution in [0, 0.1) is 17.0 Å². The average molecular weight is 234 g/mol. The van der Waals surface area contributed by atoms with E-state index in [0.717, 1.165) is 6.07 Å². The van der Waals surface area contributed by atoms with Crippen LogP contribution in [-0.4, -0.2) is 4.92 Å². The van der Waals surface area contributed by atoms with Crippen LogP contribution >= 0.6 is 0 Å². The number of halogens is 3. The molecule has 0 amide bonds. The van der Waals surface area contributed by atoms with Crippen molar-refractivity contribution in [3.63, 3.8) is 0 Å². The zero-order chi connectivity index (χ0) is 12.5. The Balaban J connectivity index is 3.48. The lowest BCUT2D eigenvalue weighted by Gasteiger charge is -2.12. The van der Waals surface area contributed by atoms with Crippen molar-refractivity contribution in [3.8, 4) is 0 Å². The molecule has 0 aliphatic rings. The molecule has 7 heteroatoms. The first kappa shape index (κ1) is 12.4. The molecule has 0 aromatic heterocycles. The van der Waals surface area contributed by atoms with Crippen molar-refractivity contribution >= 4 is 5.69 Å². The predicted octanol–water partition coefficient (Wildman–Crippen LogP) is 2.38. The van der Waals surface area contributed by atoms with Crippen molar-refractivity contribution in [2.24, 2.45) is 5.73 Å². The van der Waals surface area contributed by atoms with Crippen LogP contribution < -0.4 is 5.73 Å². The Morgan fingerprint density at radius 1 is 1.44 bits per heavy atom. The van der Waals surface area contributed by atoms with Crippen molar-refractivity contribution in [2.75, 3.05) is 0 Å². The normalized spacial score (nSPS) is 11.6. The summed E-state index contributed by atoms with van der Waals surface area (Å²) in [6.07, 6.45) is -4.61. The Hall–Kier alpha value is -1.63. The summed E-state index contributed by atoms with van der Waals surface area (Å²) >= 11 is 0. The Labute approximate surface area is 89.0 Å². The summed E-state index contributed by atoms with van der Waals surface area (Å²) in [4.78, 5) is 9.59. The third-order valence-electron chi connectivity index (χ3n) is 2.24. The summed E-state index contributed by atoms with van der Waals surface area (Å²) in [5, 5.41) is 10.5. The molecule has 1 rings (SSSR count). The molecule has 0 fully saturated rings. The fraction of sp³-hybridized carbons (Fsp3) is 0.333. The Kier molecular flexibility index (Phi) is 3.18. The van der Waals surface area contributed by atoms with E-state index in [1.54, 1.807) is 0 Å². The topological polar surface area (TPSA) is 69.2 Å². The van der Waals surface area contributed by atoms with Crippen LogP contribution in [0.2, 0.25) is 0 Å². The maximum atomic E-state index is 12.5. The van der Waals surface area contributed by atoms with Crippen molar-refractivity contribution in [1.29, 1.82) is 0 Å². The molecule has 1 aromatic rings. The number of nitro benzene ring substituents is 1. The van der Waals surface area contributed by atoms with Gasteiger partial charge in [0, 0.05) is 18.7 Å². The highest BCUT2D eigenvalue weighted by Crippen LogP contribution is 2.35. The van der Waals surface area contributed by atoms with E-state index < -0.39 is 22.4 Å². The first-order chi connectivity index (χ1) is 7.27. The summed E-state index contributed by atoms with van der Waals surface area (Å²) in [5.74, 6) is 0. The smallest absolute Gasteiger partial charge is 0.326 e. The molecule has 4 nitrogen and oxygen atoms in total. The van der Waals surface area contributed by atoms with Gasteiger partial charge in [0.25, 0.3) is 5.69 Å². The first-order valence-electron chi connectivity index (χ1n) is 4.32. The molecule has 0 unspecified atom stereocenters. The third-order valence-corrected chi connectivity index (χ3v) is 2.24. The number of nitrogens with two attached hydrogens (primary N) is 1. The van der Waals surface area contributed by atoms with Gasteiger partial charge < -0.3 is 5.73 Å². The van der Waals surface area contributed by atoms with Gasteiger partial charge in [0.1, 0.15) is 0 Å². The van der Waals surface area contributed by atoms with Crippen LogP contribution in [0.4, 0.5) is 18.9 Å². The fourth-order valence-electron chi connectivity index (χ4n) is 1.37. The molecule has 0 bridgehead atoms. The largest absolute Gasteiger partial charge is 0.416 e. The van der Waals surface area contributed by atoms with Crippen LogP contribution in [0.15, 0.2) is 12.1 Å². The highest BCUT2D eigenvalue weighted by Gasteiger charge is 2.34. The molecule has 0 aliphatic heterocycles. The zero-order valence-corrected chi connectivity index (χ0v) is 8.34. The molecule has 0 radical (unpaired) electrons. The molecular weight excluding hydrogens is 225 g/mol. The maximum absolute atomic E-state index is 12.5. The Morgan fingerprint density at radius 3 is 2.38 bits per heavy atom. The molecular formula is C9H9F3N2O2. The van der Waals surface area contributed by atoms with Crippen molar-refractivity contribution in [3.05, 3.63) is 38.9 Å². The Morgan fingerprint density at radius 2 is 2.00 bits per heavy atom. The van der Waals surface area contributed by atoms with Crippen LogP contribution in [0.25, 0.3) is 0 Å². The van der Waals surface area contributed by atoms with Gasteiger partial charge in [-0.2, -0.15) is 13.2 Å². The first-order valence-corrected chi connectivity index (χ1v) is 4.32. The number of hydrogen-bond donors (Lipinski definition) is 1. The molecule has 1 aromatic carbocycles. The summed E-state index contributed by atoms with van der Waals surface area (Å²) in [7, 11) is 0. The van der Waals surface area contributed by atoms with Gasteiger partial charge in [-0.3, -0.25) is 10.1 Å². The van der Waals surface area contributed by atoms with Gasteiger partial charge in [0.15, 0.2) is 0 Å². The maximum Gasteiger partial charge on any atom is 0.416 e. The van der Waals surface area contributed by atoms with E-state index in [0.29, 0.717) is 6.07 Å². The number of nitro groups is 1. The lowest BCUT2D eigenvalue weighted by atomic mass is 10.0. The molecule has 0 saturated carbocycles. The van der Waals surface area contributed by atoms with E-state index in [1.807, 2.05) is 0 Å². The van der Waals surface area contributed by atoms with Gasteiger partial charge >= 0.3 is 6.18 Å². The van der Waals surface area contributed by atoms with Gasteiger partial charge in [0.2, 0.25) is 0 Å². The molecule has 0 aliphatic carbocycles. The second-order valence-electron chi connectivity index (χ2n) is 3.24. The van der Waals surface area contributed by atoms with Crippen molar-refractivity contribution in [1.82, 2.24) is 0 Å². The second kappa shape index (κ2) is 4.09. The van der Waals surface area contributed by atoms with Crippen LogP contribution in [0.5, 0.6) is 0 Å². The van der Waals surface area contributed by atoms with Crippen molar-refractivity contribution < 1.29 is 18.1 Å². The number of benzene rings is 1. The second-order valence-corrected chi connectivity index (χ2v) is 3.24. The standard InChI is InChI=1S/C9H9F3N2O2/c1-5-6(4-13)2-7(14(15)16)3-8(5)9(10,11)12/h2-3H,4,13H2,1H3. The van der Waals surface area contributed by atoms with E-state index >= 15 is 0 Å². The monoisotopic (exact) mass is 234 g/mol. The lowest BCUT2D eigenvalue weighted by molar-refractivity contribution is -0.385. The predicted molar refractivity (Wildman–Crippen MR) is 50.7 cm³/mol. The Bertz CT molecular complexity index is 429. The molecule has 0 heterocycles. The van der Waals surface area contributed by atoms with Crippen molar-refractivity contribution in [2.45, 2.75) is 19.6 Å². The van der Waals surface area contributed by atoms with E-state index in [4.69, 9.17) is 5.73 Å². The zero-order valence-electron chi connectivity index (χ0n) is 8.34. The van der Waals surface area contributed by atoms with Crippen LogP contribution in [0.3, 0.4) is 0 Å². The average Bonchev–Trinajstić information content (AvgIpc) is 2.15. The van der Waals surface area contributed by atoms with Gasteiger partial charge in [-0.25, -0.2) is 0 Å². The number of alkyl halides is 3. The van der Waals surface area contributed by atoms with Crippen LogP contribution in [0.1, 0.15) is 16.7 Å². The minimum absolute atomic E-state index is 0.0689. The molecule has 0 atom stereocenters. The van der Waals surface area contributed by atoms with Gasteiger partial charge in [-0.15, -0.1) is 0 Å². The van der Waals surface area contributed by atoms with E-state index in [2.05, 4.69) is 0 Å². The van der Waals surface area contributed by atoms with E-state index in [1.165, 1.54) is 6.92 Å². The van der Waals surface area contributed by atoms with Crippen LogP contribution in [-0.2, 0) is 12.7 Å². The number of rotatable bonds is 2. The minimum atomic E-state index is -4.61. The summed E-state index contributed by atoms with van der Waals surface area (Å²) in [5.41, 5.74) is 3.69. The number of nitrogens with zero attached hydrogens (tertiary/aromatic N) is 1. The molecule has 2 N–H and O–H groups in total. The summed E-state index contributed by atoms with van der Waals surface area (Å²) < 4.78 is 37.6. The highest BCUT2D eigenvalue weighted by molar-refractivity contribution is 5.46. The SMILES string of the molecule is Cc1c(CN)cc([N+](=O)[O-])cc1C(F)(F)F. The lowest BCUT2D eigenvalue weighted by Crippen LogP contribution is -2.12. The quantitative estimate of drug-likeness (QED) is 0.630. The fourth-order valence-corrected chi connectivity index (χ4v) is 1.37. The number of non-ortho nitro benzene ring substituents is 1. The van der Waals surface area contributed by atoms with E-state index in [-0.39, 0.29) is 17.7 Å². The summed E-state index contributed by atoms with van der Waals surface area (Å²) in [6, 6.07) is 1.58. The number of hydrogen-bond acceptors (Lipinski definition) is 3. The van der Waals surface area contributed by atoms with Gasteiger partial charge in [-0.05, 0) is 18.1 Å². The molecule has 0 saturated heterocycles. The minimum Gasteiger partial charge on any atom is -0.326 e. The highest BCUT2D eigenvalue weighted by atomic mass is 19.4. The van der Waals surface area contributed by atoms with E-state index in [9.17, 15) is 23.3 Å². The third kappa shape index (κ3) is 2.30. The molecule has 0 spiro atoms. The summed E-state index contributed by atoms with van der Waals surface area (Å²) in [6.45, 7) is 1.07. The molecule has 88 valence electrons. The van der Waals surface area contributed by atoms with Gasteiger partial charge in [0.05, 0.1) is 10.5 Å².